The Labute approximate surface area is 258 Å². The maximum absolute atomic E-state index is 12.7. The van der Waals surface area contributed by atoms with Gasteiger partial charge in [0.2, 0.25) is 0 Å². The SMILES string of the molecule is Cc1cccc(C)c1N1C(=NC(=O)NCCCc2ccc(-c3ncn(-c4ccc(OC(F)(F)F)cc4)n3)cc2)SCCC1C. The van der Waals surface area contributed by atoms with E-state index in [0.29, 0.717) is 18.1 Å². The summed E-state index contributed by atoms with van der Waals surface area (Å²) in [7, 11) is 0. The van der Waals surface area contributed by atoms with E-state index >= 15 is 0 Å². The highest BCUT2D eigenvalue weighted by Gasteiger charge is 2.31. The molecule has 4 aromatic rings. The monoisotopic (exact) mass is 622 g/mol. The number of nitrogens with zero attached hydrogens (tertiary/aromatic N) is 5. The van der Waals surface area contributed by atoms with Gasteiger partial charge in [0.05, 0.1) is 5.69 Å². The molecule has 2 heterocycles. The number of amidine groups is 1. The molecule has 1 saturated heterocycles. The van der Waals surface area contributed by atoms with Crippen molar-refractivity contribution in [3.05, 3.63) is 89.7 Å². The van der Waals surface area contributed by atoms with Crippen LogP contribution in [0.2, 0.25) is 0 Å². The van der Waals surface area contributed by atoms with E-state index in [1.807, 2.05) is 30.3 Å². The molecule has 230 valence electrons. The van der Waals surface area contributed by atoms with E-state index in [9.17, 15) is 18.0 Å². The van der Waals surface area contributed by atoms with E-state index in [2.05, 4.69) is 62.9 Å². The summed E-state index contributed by atoms with van der Waals surface area (Å²) >= 11 is 1.61. The van der Waals surface area contributed by atoms with E-state index in [1.165, 1.54) is 35.3 Å². The molecule has 1 atom stereocenters. The standard InChI is InChI=1S/C32H33F3N6O2S/c1-21-6-4-7-22(2)28(21)41-23(3)17-19-44-31(41)38-30(42)36-18-5-8-24-9-11-25(12-10-24)29-37-20-40(39-29)26-13-15-27(16-14-26)43-32(33,34)35/h4,6-7,9-16,20,23H,5,8,17-19H2,1-3H3,(H,36,42). The number of aryl methyl sites for hydroxylation is 3. The van der Waals surface area contributed by atoms with Crippen molar-refractivity contribution in [3.63, 3.8) is 0 Å². The molecule has 1 aromatic heterocycles. The second-order valence-corrected chi connectivity index (χ2v) is 11.6. The number of thioether (sulfide) groups is 1. The number of amides is 2. The number of hydrogen-bond donors (Lipinski definition) is 1. The quantitative estimate of drug-likeness (QED) is 0.205. The van der Waals surface area contributed by atoms with Crippen molar-refractivity contribution in [2.45, 2.75) is 52.4 Å². The van der Waals surface area contributed by atoms with Crippen LogP contribution in [0.25, 0.3) is 17.1 Å². The number of hydrogen-bond acceptors (Lipinski definition) is 5. The van der Waals surface area contributed by atoms with Crippen molar-refractivity contribution >= 4 is 28.6 Å². The number of rotatable bonds is 8. The maximum Gasteiger partial charge on any atom is 0.573 e. The number of para-hydroxylation sites is 1. The number of anilines is 1. The Bertz CT molecular complexity index is 1600. The van der Waals surface area contributed by atoms with Crippen LogP contribution in [0.1, 0.15) is 36.5 Å². The minimum atomic E-state index is -4.74. The van der Waals surface area contributed by atoms with Gasteiger partial charge in [0, 0.05) is 29.6 Å². The van der Waals surface area contributed by atoms with Crippen LogP contribution >= 0.6 is 11.8 Å². The molecular weight excluding hydrogens is 589 g/mol. The van der Waals surface area contributed by atoms with Crippen LogP contribution in [0.5, 0.6) is 5.75 Å². The zero-order valence-corrected chi connectivity index (χ0v) is 25.5. The van der Waals surface area contributed by atoms with E-state index in [1.54, 1.807) is 11.8 Å². The number of ether oxygens (including phenoxy) is 1. The number of urea groups is 1. The highest BCUT2D eigenvalue weighted by atomic mass is 32.2. The van der Waals surface area contributed by atoms with Crippen LogP contribution in [-0.4, -0.2) is 50.7 Å². The largest absolute Gasteiger partial charge is 0.573 e. The summed E-state index contributed by atoms with van der Waals surface area (Å²) in [5, 5.41) is 8.11. The zero-order chi connectivity index (χ0) is 31.3. The van der Waals surface area contributed by atoms with E-state index in [-0.39, 0.29) is 17.8 Å². The maximum atomic E-state index is 12.7. The second-order valence-electron chi connectivity index (χ2n) is 10.6. The first-order valence-corrected chi connectivity index (χ1v) is 15.3. The predicted octanol–water partition coefficient (Wildman–Crippen LogP) is 7.48. The molecule has 0 bridgehead atoms. The number of carbonyl (C=O) groups is 1. The Morgan fingerprint density at radius 1 is 1.07 bits per heavy atom. The van der Waals surface area contributed by atoms with Crippen LogP contribution in [0.4, 0.5) is 23.7 Å². The first-order chi connectivity index (χ1) is 21.1. The van der Waals surface area contributed by atoms with Gasteiger partial charge in [-0.15, -0.1) is 18.3 Å². The molecule has 1 aliphatic heterocycles. The van der Waals surface area contributed by atoms with Gasteiger partial charge in [0.25, 0.3) is 0 Å². The summed E-state index contributed by atoms with van der Waals surface area (Å²) in [6.07, 6.45) is -0.698. The first-order valence-electron chi connectivity index (χ1n) is 14.3. The lowest BCUT2D eigenvalue weighted by Crippen LogP contribution is -2.43. The normalized spacial score (nSPS) is 16.3. The van der Waals surface area contributed by atoms with E-state index in [4.69, 9.17) is 0 Å². The Kier molecular flexibility index (Phi) is 9.58. The molecule has 8 nitrogen and oxygen atoms in total. The Morgan fingerprint density at radius 2 is 1.77 bits per heavy atom. The Morgan fingerprint density at radius 3 is 2.45 bits per heavy atom. The number of halogens is 3. The van der Waals surface area contributed by atoms with Crippen molar-refractivity contribution in [1.82, 2.24) is 20.1 Å². The molecule has 0 aliphatic carbocycles. The third-order valence-corrected chi connectivity index (χ3v) is 8.23. The minimum Gasteiger partial charge on any atom is -0.406 e. The third kappa shape index (κ3) is 7.79. The third-order valence-electron chi connectivity index (χ3n) is 7.25. The molecule has 0 spiro atoms. The lowest BCUT2D eigenvalue weighted by atomic mass is 10.1. The van der Waals surface area contributed by atoms with Gasteiger partial charge in [0.15, 0.2) is 11.0 Å². The molecule has 1 fully saturated rings. The molecule has 44 heavy (non-hydrogen) atoms. The summed E-state index contributed by atoms with van der Waals surface area (Å²) in [6.45, 7) is 6.85. The molecule has 5 rings (SSSR count). The van der Waals surface area contributed by atoms with Crippen molar-refractivity contribution in [2.24, 2.45) is 4.99 Å². The number of nitrogens with one attached hydrogen (secondary N) is 1. The fourth-order valence-electron chi connectivity index (χ4n) is 5.05. The van der Waals surface area contributed by atoms with Crippen LogP contribution in [0.15, 0.2) is 78.0 Å². The molecule has 12 heteroatoms. The molecule has 0 saturated carbocycles. The molecule has 1 aliphatic rings. The van der Waals surface area contributed by atoms with Gasteiger partial charge in [-0.3, -0.25) is 0 Å². The summed E-state index contributed by atoms with van der Waals surface area (Å²) in [4.78, 5) is 23.7. The first kappa shape index (κ1) is 31.1. The second kappa shape index (κ2) is 13.5. The number of alkyl halides is 3. The number of carbonyl (C=O) groups excluding carboxylic acids is 1. The smallest absolute Gasteiger partial charge is 0.406 e. The molecule has 1 unspecified atom stereocenters. The molecule has 0 radical (unpaired) electrons. The molecular formula is C32H33F3N6O2S. The number of aromatic nitrogens is 3. The Balaban J connectivity index is 1.13. The average molecular weight is 623 g/mol. The van der Waals surface area contributed by atoms with Gasteiger partial charge in [0.1, 0.15) is 12.1 Å². The molecule has 3 aromatic carbocycles. The highest BCUT2D eigenvalue weighted by Crippen LogP contribution is 2.34. The number of aliphatic imine (C=N–C) groups is 1. The highest BCUT2D eigenvalue weighted by molar-refractivity contribution is 8.14. The van der Waals surface area contributed by atoms with Gasteiger partial charge in [-0.1, -0.05) is 54.2 Å². The van der Waals surface area contributed by atoms with Gasteiger partial charge in [-0.2, -0.15) is 4.99 Å². The fourth-order valence-corrected chi connectivity index (χ4v) is 6.25. The van der Waals surface area contributed by atoms with Gasteiger partial charge < -0.3 is 15.0 Å². The minimum absolute atomic E-state index is 0.253. The Hall–Kier alpha value is -4.32. The topological polar surface area (TPSA) is 84.6 Å². The van der Waals surface area contributed by atoms with E-state index in [0.717, 1.165) is 58.1 Å². The average Bonchev–Trinajstić information content (AvgIpc) is 3.47. The van der Waals surface area contributed by atoms with Crippen LogP contribution in [0.3, 0.4) is 0 Å². The molecule has 2 amide bonds. The molecule has 1 N–H and O–H groups in total. The lowest BCUT2D eigenvalue weighted by molar-refractivity contribution is -0.274. The van der Waals surface area contributed by atoms with Crippen LogP contribution in [-0.2, 0) is 6.42 Å². The van der Waals surface area contributed by atoms with Gasteiger partial charge in [-0.25, -0.2) is 14.5 Å². The zero-order valence-electron chi connectivity index (χ0n) is 24.6. The van der Waals surface area contributed by atoms with Crippen molar-refractivity contribution < 1.29 is 22.7 Å². The van der Waals surface area contributed by atoms with E-state index < -0.39 is 6.36 Å². The summed E-state index contributed by atoms with van der Waals surface area (Å²) < 4.78 is 42.6. The fraction of sp³-hybridized carbons (Fsp3) is 0.312. The summed E-state index contributed by atoms with van der Waals surface area (Å²) in [5.41, 5.74) is 5.91. The van der Waals surface area contributed by atoms with Crippen molar-refractivity contribution in [3.8, 4) is 22.8 Å². The predicted molar refractivity (Wildman–Crippen MR) is 168 cm³/mol. The van der Waals surface area contributed by atoms with Gasteiger partial charge in [-0.05, 0) is 81.0 Å². The lowest BCUT2D eigenvalue weighted by Gasteiger charge is -2.37. The summed E-state index contributed by atoms with van der Waals surface area (Å²) in [6, 6.07) is 19.4. The van der Waals surface area contributed by atoms with Crippen LogP contribution in [0, 0.1) is 13.8 Å². The summed E-state index contributed by atoms with van der Waals surface area (Å²) in [5.74, 6) is 1.11. The number of benzene rings is 3. The van der Waals surface area contributed by atoms with Crippen molar-refractivity contribution in [1.29, 1.82) is 0 Å². The van der Waals surface area contributed by atoms with Crippen molar-refractivity contribution in [2.75, 3.05) is 17.2 Å². The van der Waals surface area contributed by atoms with Gasteiger partial charge >= 0.3 is 12.4 Å². The van der Waals surface area contributed by atoms with Crippen LogP contribution < -0.4 is 15.0 Å².